The first-order chi connectivity index (χ1) is 71.4. The zero-order valence-corrected chi connectivity index (χ0v) is 79.1. The lowest BCUT2D eigenvalue weighted by atomic mass is 9.99. The van der Waals surface area contributed by atoms with Gasteiger partial charge in [-0.3, -0.25) is 0 Å². The smallest absolute Gasteiger partial charge is 0.137 e. The minimum Gasteiger partial charge on any atom is -0.456 e. The van der Waals surface area contributed by atoms with Gasteiger partial charge in [-0.05, 0) is 299 Å². The Morgan fingerprint density at radius 2 is 0.458 bits per heavy atom. The van der Waals surface area contributed by atoms with E-state index in [-0.39, 0.29) is 0 Å². The van der Waals surface area contributed by atoms with Gasteiger partial charge in [-0.15, -0.1) is 11.3 Å². The van der Waals surface area contributed by atoms with Gasteiger partial charge in [-0.25, -0.2) is 0 Å². The molecule has 0 aliphatic heterocycles. The number of nitrogens with zero attached hydrogens (tertiary/aromatic N) is 6. The monoisotopic (exact) mass is 1850 g/mol. The Morgan fingerprint density at radius 3 is 0.931 bits per heavy atom. The fourth-order valence-electron chi connectivity index (χ4n) is 22.5. The highest BCUT2D eigenvalue weighted by atomic mass is 32.1. The summed E-state index contributed by atoms with van der Waals surface area (Å²) in [4.78, 5) is 7.04. The second kappa shape index (κ2) is 34.6. The van der Waals surface area contributed by atoms with Crippen LogP contribution >= 0.6 is 11.3 Å². The Balaban J connectivity index is 0.000000105. The highest BCUT2D eigenvalue weighted by Crippen LogP contribution is 2.49. The average Bonchev–Trinajstić information content (AvgIpc) is 1.57. The van der Waals surface area contributed by atoms with Crippen LogP contribution in [-0.2, 0) is 0 Å². The lowest BCUT2D eigenvalue weighted by Crippen LogP contribution is -2.09. The van der Waals surface area contributed by atoms with Gasteiger partial charge in [-0.2, -0.15) is 0 Å². The summed E-state index contributed by atoms with van der Waals surface area (Å²) in [6.07, 6.45) is 0. The number of thiophene rings is 1. The zero-order chi connectivity index (χ0) is 94.8. The number of aromatic nitrogens is 3. The van der Waals surface area contributed by atoms with Crippen molar-refractivity contribution >= 4 is 245 Å². The molecule has 0 saturated carbocycles. The van der Waals surface area contributed by atoms with Crippen LogP contribution < -0.4 is 14.7 Å². The van der Waals surface area contributed by atoms with Crippen molar-refractivity contribution in [2.45, 2.75) is 0 Å². The van der Waals surface area contributed by atoms with E-state index in [1.54, 1.807) is 0 Å². The van der Waals surface area contributed by atoms with E-state index in [1.165, 1.54) is 189 Å². The van der Waals surface area contributed by atoms with Crippen molar-refractivity contribution in [3.63, 3.8) is 0 Å². The molecule has 5 aromatic heterocycles. The molecule has 30 rings (SSSR count). The van der Waals surface area contributed by atoms with Crippen LogP contribution in [0.2, 0.25) is 0 Å². The topological polar surface area (TPSA) is 37.6 Å². The largest absolute Gasteiger partial charge is 0.456 e. The van der Waals surface area contributed by atoms with Crippen LogP contribution in [0.5, 0.6) is 0 Å². The van der Waals surface area contributed by atoms with Crippen molar-refractivity contribution in [2.75, 3.05) is 14.7 Å². The molecule has 0 unspecified atom stereocenters. The molecule has 674 valence electrons. The fraction of sp³-hybridized carbons (Fsp3) is 0. The summed E-state index contributed by atoms with van der Waals surface area (Å²) in [5.41, 5.74) is 25.1. The summed E-state index contributed by atoms with van der Waals surface area (Å²) in [6, 6.07) is 193. The molecule has 30 aromatic rings. The van der Waals surface area contributed by atoms with Gasteiger partial charge in [0.25, 0.3) is 0 Å². The van der Waals surface area contributed by atoms with Gasteiger partial charge in [0.15, 0.2) is 0 Å². The van der Waals surface area contributed by atoms with Crippen molar-refractivity contribution in [3.05, 3.63) is 534 Å². The fourth-order valence-corrected chi connectivity index (χ4v) is 23.6. The number of rotatable bonds is 13. The quantitative estimate of drug-likeness (QED) is 0.108. The molecule has 7 nitrogen and oxygen atoms in total. The van der Waals surface area contributed by atoms with E-state index in [2.05, 4.69) is 550 Å². The SMILES string of the molecule is c1ccc(-c2ccc(N(c3ccccc3)c3ccc4c(ccc5cc6c7ccccc7n(-c7ccc8ccccc8c7)c6cc54)c3)cc2)cc1.c1ccc(N(c2ccc3c(ccc4cc5c6ccccc6n(-c6ccccc6)c5cc43)c2)c2ccc3c(c2)oc2ccccc23)cc1.c1ccc(N(c2ccc3c(ccc4cc5c6ccccc6n(-c6ccccc6)c5cc43)c2)c2ccc3c(c2)sc2ccccc23)cc1. The Kier molecular flexibility index (Phi) is 20.0. The lowest BCUT2D eigenvalue weighted by molar-refractivity contribution is 0.669. The molecule has 0 aliphatic carbocycles. The summed E-state index contributed by atoms with van der Waals surface area (Å²) in [5.74, 6) is 0. The molecular weight excluding hydrogens is 1770 g/mol. The predicted octanol–water partition coefficient (Wildman–Crippen LogP) is 38.8. The molecule has 0 spiro atoms. The highest BCUT2D eigenvalue weighted by molar-refractivity contribution is 7.25. The van der Waals surface area contributed by atoms with Gasteiger partial charge in [0.05, 0.1) is 33.1 Å². The first-order valence-corrected chi connectivity index (χ1v) is 50.0. The van der Waals surface area contributed by atoms with Crippen LogP contribution in [0, 0.1) is 0 Å². The van der Waals surface area contributed by atoms with E-state index >= 15 is 0 Å². The van der Waals surface area contributed by atoms with Gasteiger partial charge in [0, 0.05) is 138 Å². The molecule has 0 N–H and O–H groups in total. The minimum absolute atomic E-state index is 0.884. The molecule has 0 atom stereocenters. The van der Waals surface area contributed by atoms with Crippen molar-refractivity contribution < 1.29 is 4.42 Å². The maximum Gasteiger partial charge on any atom is 0.137 e. The van der Waals surface area contributed by atoms with E-state index in [1.807, 2.05) is 23.5 Å². The number of fused-ring (bicyclic) bond motifs is 25. The third-order valence-electron chi connectivity index (χ3n) is 29.1. The van der Waals surface area contributed by atoms with Gasteiger partial charge >= 0.3 is 0 Å². The average molecular weight is 1850 g/mol. The summed E-state index contributed by atoms with van der Waals surface area (Å²) in [7, 11) is 0. The van der Waals surface area contributed by atoms with E-state index in [0.29, 0.717) is 0 Å². The Morgan fingerprint density at radius 1 is 0.146 bits per heavy atom. The number of anilines is 9. The maximum absolute atomic E-state index is 6.30. The summed E-state index contributed by atoms with van der Waals surface area (Å²) in [6.45, 7) is 0. The molecular formula is C136H88N6OS. The van der Waals surface area contributed by atoms with E-state index < -0.39 is 0 Å². The van der Waals surface area contributed by atoms with Crippen molar-refractivity contribution in [3.8, 4) is 28.2 Å². The van der Waals surface area contributed by atoms with E-state index in [0.717, 1.165) is 73.1 Å². The molecule has 25 aromatic carbocycles. The molecule has 0 amide bonds. The van der Waals surface area contributed by atoms with Crippen molar-refractivity contribution in [1.29, 1.82) is 0 Å². The second-order valence-corrected chi connectivity index (χ2v) is 38.5. The van der Waals surface area contributed by atoms with Crippen molar-refractivity contribution in [2.24, 2.45) is 0 Å². The Labute approximate surface area is 834 Å². The second-order valence-electron chi connectivity index (χ2n) is 37.4. The first-order valence-electron chi connectivity index (χ1n) is 49.2. The number of furan rings is 1. The standard InChI is InChI=1S/C48H32N2.C44H28N2O.C44H28N2S/c1-3-11-33(12-4-1)35-21-24-40(25-22-35)49(39-15-5-2-6-16-39)41-27-28-43-37(30-41)19-20-38-31-46-44-17-9-10-18-47(44)50(48(46)32-45(38)43)42-26-23-34-13-7-8-14-36(34)29-42;2*1-3-11-31(12-4-1)45(34-22-24-38-37-16-8-10-18-43(37)47-44(38)27-34)33-21-23-35-29(25-33)19-20-30-26-40-36-15-7-9-17-41(36)46(42(40)28-39(30)35)32-13-5-2-6-14-32/h1-32H;2*1-28H. The third-order valence-corrected chi connectivity index (χ3v) is 30.3. The van der Waals surface area contributed by atoms with E-state index in [9.17, 15) is 0 Å². The number of hydrogen-bond acceptors (Lipinski definition) is 5. The molecule has 5 heterocycles. The number of hydrogen-bond donors (Lipinski definition) is 0. The molecule has 0 radical (unpaired) electrons. The molecule has 8 heteroatoms. The normalized spacial score (nSPS) is 11.8. The molecule has 0 saturated heterocycles. The Bertz CT molecular complexity index is 9910. The third kappa shape index (κ3) is 14.3. The lowest BCUT2D eigenvalue weighted by Gasteiger charge is -2.26. The van der Waals surface area contributed by atoms with Crippen LogP contribution in [0.3, 0.4) is 0 Å². The number of para-hydroxylation sites is 9. The molecule has 0 fully saturated rings. The summed E-state index contributed by atoms with van der Waals surface area (Å²) in [5, 5.41) is 29.9. The molecule has 0 aliphatic rings. The van der Waals surface area contributed by atoms with Gasteiger partial charge in [0.1, 0.15) is 11.2 Å². The predicted molar refractivity (Wildman–Crippen MR) is 615 cm³/mol. The van der Waals surface area contributed by atoms with Crippen LogP contribution in [0.15, 0.2) is 538 Å². The molecule has 144 heavy (non-hydrogen) atoms. The number of benzene rings is 25. The van der Waals surface area contributed by atoms with Crippen molar-refractivity contribution in [1.82, 2.24) is 13.7 Å². The maximum atomic E-state index is 6.30. The van der Waals surface area contributed by atoms with Gasteiger partial charge in [0.2, 0.25) is 0 Å². The first kappa shape index (κ1) is 83.3. The van der Waals surface area contributed by atoms with Crippen LogP contribution in [0.4, 0.5) is 51.2 Å². The van der Waals surface area contributed by atoms with Crippen LogP contribution in [0.25, 0.3) is 211 Å². The molecule has 0 bridgehead atoms. The highest BCUT2D eigenvalue weighted by Gasteiger charge is 2.25. The summed E-state index contributed by atoms with van der Waals surface area (Å²) >= 11 is 1.86. The van der Waals surface area contributed by atoms with E-state index in [4.69, 9.17) is 4.42 Å². The van der Waals surface area contributed by atoms with Gasteiger partial charge in [-0.1, -0.05) is 315 Å². The zero-order valence-electron chi connectivity index (χ0n) is 78.3. The van der Waals surface area contributed by atoms with Crippen LogP contribution in [0.1, 0.15) is 0 Å². The Hall–Kier alpha value is -18.9. The minimum atomic E-state index is 0.884. The van der Waals surface area contributed by atoms with Gasteiger partial charge < -0.3 is 32.8 Å². The van der Waals surface area contributed by atoms with Crippen LogP contribution in [-0.4, -0.2) is 13.7 Å². The summed E-state index contributed by atoms with van der Waals surface area (Å²) < 4.78 is 16.2.